The number of hydrogen-bond acceptors (Lipinski definition) is 3. The molecule has 0 saturated carbocycles. The molecule has 0 heterocycles. The molecular formula is C13H11ClF2N2O2S. The first-order valence-corrected chi connectivity index (χ1v) is 7.64. The summed E-state index contributed by atoms with van der Waals surface area (Å²) >= 11 is 5.61. The summed E-state index contributed by atoms with van der Waals surface area (Å²) in [7, 11) is -3.99. The lowest BCUT2D eigenvalue weighted by Crippen LogP contribution is -2.24. The van der Waals surface area contributed by atoms with E-state index in [2.05, 4.69) is 4.72 Å². The summed E-state index contributed by atoms with van der Waals surface area (Å²) in [5.74, 6) is -1.31. The van der Waals surface area contributed by atoms with E-state index < -0.39 is 21.7 Å². The molecule has 0 aliphatic carbocycles. The zero-order valence-corrected chi connectivity index (χ0v) is 12.2. The molecule has 0 bridgehead atoms. The first kappa shape index (κ1) is 15.7. The molecule has 8 heteroatoms. The Morgan fingerprint density at radius 2 is 1.86 bits per heavy atom. The minimum Gasteiger partial charge on any atom is -0.398 e. The maximum absolute atomic E-state index is 13.1. The number of rotatable bonds is 4. The summed E-state index contributed by atoms with van der Waals surface area (Å²) in [6, 6.07) is 6.87. The quantitative estimate of drug-likeness (QED) is 0.845. The molecule has 3 N–H and O–H groups in total. The van der Waals surface area contributed by atoms with Crippen molar-refractivity contribution in [2.45, 2.75) is 11.4 Å². The largest absolute Gasteiger partial charge is 0.398 e. The third-order valence-electron chi connectivity index (χ3n) is 2.72. The Labute approximate surface area is 125 Å². The van der Waals surface area contributed by atoms with Crippen molar-refractivity contribution in [2.24, 2.45) is 0 Å². The van der Waals surface area contributed by atoms with Crippen LogP contribution in [0.2, 0.25) is 5.02 Å². The number of nitrogen functional groups attached to an aromatic ring is 1. The molecule has 0 saturated heterocycles. The molecule has 0 aliphatic heterocycles. The molecule has 0 aliphatic rings. The van der Waals surface area contributed by atoms with Gasteiger partial charge in [0, 0.05) is 6.54 Å². The fraction of sp³-hybridized carbons (Fsp3) is 0.0769. The van der Waals surface area contributed by atoms with Gasteiger partial charge in [0.1, 0.15) is 16.5 Å². The summed E-state index contributed by atoms with van der Waals surface area (Å²) in [6.45, 7) is -0.127. The van der Waals surface area contributed by atoms with E-state index in [1.807, 2.05) is 0 Å². The van der Waals surface area contributed by atoms with Gasteiger partial charge in [-0.3, -0.25) is 0 Å². The van der Waals surface area contributed by atoms with Crippen molar-refractivity contribution in [3.8, 4) is 0 Å². The van der Waals surface area contributed by atoms with Crippen LogP contribution in [0.25, 0.3) is 0 Å². The van der Waals surface area contributed by atoms with Gasteiger partial charge in [-0.05, 0) is 35.9 Å². The number of hydrogen-bond donors (Lipinski definition) is 2. The average Bonchev–Trinajstić information content (AvgIpc) is 2.43. The van der Waals surface area contributed by atoms with E-state index in [1.165, 1.54) is 18.2 Å². The summed E-state index contributed by atoms with van der Waals surface area (Å²) in [6.07, 6.45) is 0. The van der Waals surface area contributed by atoms with Gasteiger partial charge in [-0.15, -0.1) is 0 Å². The second kappa shape index (κ2) is 5.97. The van der Waals surface area contributed by atoms with Crippen LogP contribution in [0.1, 0.15) is 5.56 Å². The number of nitrogens with two attached hydrogens (primary N) is 1. The van der Waals surface area contributed by atoms with Gasteiger partial charge >= 0.3 is 0 Å². The van der Waals surface area contributed by atoms with E-state index in [9.17, 15) is 17.2 Å². The van der Waals surface area contributed by atoms with E-state index in [1.54, 1.807) is 0 Å². The van der Waals surface area contributed by atoms with Crippen molar-refractivity contribution in [1.29, 1.82) is 0 Å². The lowest BCUT2D eigenvalue weighted by molar-refractivity contribution is 0.578. The molecule has 0 unspecified atom stereocenters. The van der Waals surface area contributed by atoms with Crippen LogP contribution in [-0.4, -0.2) is 8.42 Å². The molecule has 2 rings (SSSR count). The van der Waals surface area contributed by atoms with E-state index >= 15 is 0 Å². The van der Waals surface area contributed by atoms with Gasteiger partial charge in [0.15, 0.2) is 0 Å². The second-order valence-corrected chi connectivity index (χ2v) is 6.40. The topological polar surface area (TPSA) is 72.2 Å². The molecule has 112 valence electrons. The Morgan fingerprint density at radius 1 is 1.14 bits per heavy atom. The number of benzene rings is 2. The summed E-state index contributed by atoms with van der Waals surface area (Å²) in [5, 5.41) is -0.114. The van der Waals surface area contributed by atoms with Crippen LogP contribution >= 0.6 is 11.6 Å². The predicted molar refractivity (Wildman–Crippen MR) is 76.2 cm³/mol. The predicted octanol–water partition coefficient (Wildman–Crippen LogP) is 2.68. The number of halogens is 3. The highest BCUT2D eigenvalue weighted by molar-refractivity contribution is 7.89. The van der Waals surface area contributed by atoms with Crippen molar-refractivity contribution in [2.75, 3.05) is 5.73 Å². The Bertz CT molecular complexity index is 782. The lowest BCUT2D eigenvalue weighted by atomic mass is 10.2. The highest BCUT2D eigenvalue weighted by atomic mass is 35.5. The molecule has 0 amide bonds. The van der Waals surface area contributed by atoms with Crippen LogP contribution in [0, 0.1) is 11.6 Å². The molecule has 4 nitrogen and oxygen atoms in total. The zero-order valence-electron chi connectivity index (χ0n) is 10.6. The van der Waals surface area contributed by atoms with Gasteiger partial charge in [-0.1, -0.05) is 17.7 Å². The molecule has 0 atom stereocenters. The minimum absolute atomic E-state index is 0.0685. The highest BCUT2D eigenvalue weighted by Gasteiger charge is 2.18. The first-order chi connectivity index (χ1) is 9.79. The first-order valence-electron chi connectivity index (χ1n) is 5.78. The van der Waals surface area contributed by atoms with Gasteiger partial charge in [-0.2, -0.15) is 0 Å². The van der Waals surface area contributed by atoms with E-state index in [0.29, 0.717) is 5.56 Å². The van der Waals surface area contributed by atoms with Crippen molar-refractivity contribution in [1.82, 2.24) is 4.72 Å². The van der Waals surface area contributed by atoms with Crippen molar-refractivity contribution in [3.63, 3.8) is 0 Å². The fourth-order valence-corrected chi connectivity index (χ4v) is 3.01. The molecule has 0 radical (unpaired) electrons. The van der Waals surface area contributed by atoms with Crippen molar-refractivity contribution >= 4 is 27.3 Å². The Kier molecular flexibility index (Phi) is 4.46. The van der Waals surface area contributed by atoms with Crippen molar-refractivity contribution < 1.29 is 17.2 Å². The standard InChI is InChI=1S/C13H11ClF2N2O2S/c14-10-5-8(1-3-11(10)16)7-18-21(19,20)13-6-9(15)2-4-12(13)17/h1-6,18H,7,17H2. The van der Waals surface area contributed by atoms with Crippen LogP contribution in [0.3, 0.4) is 0 Å². The Morgan fingerprint density at radius 3 is 2.52 bits per heavy atom. The Balaban J connectivity index is 2.21. The van der Waals surface area contributed by atoms with Crippen LogP contribution in [0.4, 0.5) is 14.5 Å². The van der Waals surface area contributed by atoms with Gasteiger partial charge in [0.25, 0.3) is 0 Å². The van der Waals surface area contributed by atoms with Gasteiger partial charge in [0.2, 0.25) is 10.0 Å². The fourth-order valence-electron chi connectivity index (χ4n) is 1.65. The molecule has 2 aromatic carbocycles. The van der Waals surface area contributed by atoms with Gasteiger partial charge in [0.05, 0.1) is 10.7 Å². The zero-order chi connectivity index (χ0) is 15.6. The third kappa shape index (κ3) is 3.69. The van der Waals surface area contributed by atoms with Crippen LogP contribution < -0.4 is 10.5 Å². The monoisotopic (exact) mass is 332 g/mol. The molecule has 21 heavy (non-hydrogen) atoms. The molecular weight excluding hydrogens is 322 g/mol. The van der Waals surface area contributed by atoms with E-state index in [0.717, 1.165) is 18.2 Å². The van der Waals surface area contributed by atoms with Crippen LogP contribution in [0.5, 0.6) is 0 Å². The Hall–Kier alpha value is -1.70. The van der Waals surface area contributed by atoms with Crippen molar-refractivity contribution in [3.05, 3.63) is 58.6 Å². The number of nitrogens with one attached hydrogen (secondary N) is 1. The summed E-state index contributed by atoms with van der Waals surface area (Å²) in [5.41, 5.74) is 5.92. The highest BCUT2D eigenvalue weighted by Crippen LogP contribution is 2.20. The molecule has 0 fully saturated rings. The van der Waals surface area contributed by atoms with E-state index in [4.69, 9.17) is 17.3 Å². The second-order valence-electron chi connectivity index (χ2n) is 4.26. The van der Waals surface area contributed by atoms with Crippen LogP contribution in [-0.2, 0) is 16.6 Å². The van der Waals surface area contributed by atoms with Crippen LogP contribution in [0.15, 0.2) is 41.3 Å². The normalized spacial score (nSPS) is 11.6. The SMILES string of the molecule is Nc1ccc(F)cc1S(=O)(=O)NCc1ccc(F)c(Cl)c1. The minimum atomic E-state index is -3.99. The third-order valence-corrected chi connectivity index (χ3v) is 4.46. The maximum atomic E-state index is 13.1. The summed E-state index contributed by atoms with van der Waals surface area (Å²) < 4.78 is 52.5. The number of sulfonamides is 1. The molecule has 2 aromatic rings. The van der Waals surface area contributed by atoms with E-state index in [-0.39, 0.29) is 22.2 Å². The molecule has 0 aromatic heterocycles. The smallest absolute Gasteiger partial charge is 0.243 e. The average molecular weight is 333 g/mol. The summed E-state index contributed by atoms with van der Waals surface area (Å²) in [4.78, 5) is -0.351. The van der Waals surface area contributed by atoms with Gasteiger partial charge in [-0.25, -0.2) is 21.9 Å². The van der Waals surface area contributed by atoms with Gasteiger partial charge < -0.3 is 5.73 Å². The number of anilines is 1. The maximum Gasteiger partial charge on any atom is 0.243 e. The lowest BCUT2D eigenvalue weighted by Gasteiger charge is -2.09. The molecule has 0 spiro atoms.